The van der Waals surface area contributed by atoms with Crippen LogP contribution in [-0.4, -0.2) is 38.6 Å². The summed E-state index contributed by atoms with van der Waals surface area (Å²) in [6, 6.07) is 9.74. The molecule has 0 bridgehead atoms. The number of hydrogen-bond acceptors (Lipinski definition) is 4. The monoisotopic (exact) mass is 464 g/mol. The van der Waals surface area contributed by atoms with Crippen molar-refractivity contribution in [3.63, 3.8) is 0 Å². The Morgan fingerprint density at radius 3 is 2.56 bits per heavy atom. The molecule has 9 heteroatoms. The minimum absolute atomic E-state index is 0.235. The number of rotatable bonds is 7. The maximum Gasteiger partial charge on any atom is 0.416 e. The molecule has 0 saturated carbocycles. The van der Waals surface area contributed by atoms with Gasteiger partial charge in [0.2, 0.25) is 0 Å². The molecule has 0 aliphatic carbocycles. The van der Waals surface area contributed by atoms with Gasteiger partial charge in [0.1, 0.15) is 0 Å². The van der Waals surface area contributed by atoms with Crippen molar-refractivity contribution >= 4 is 35.3 Å². The number of nitrogens with zero attached hydrogens (tertiary/aromatic N) is 1. The van der Waals surface area contributed by atoms with Crippen molar-refractivity contribution in [2.24, 2.45) is 0 Å². The second kappa shape index (κ2) is 10.2. The zero-order valence-electron chi connectivity index (χ0n) is 17.7. The Balaban J connectivity index is 1.74. The summed E-state index contributed by atoms with van der Waals surface area (Å²) in [5, 5.41) is 2.83. The molecular weight excluding hydrogens is 441 g/mol. The fraction of sp³-hybridized carbons (Fsp3) is 0.304. The van der Waals surface area contributed by atoms with Gasteiger partial charge in [0.15, 0.2) is 0 Å². The first-order valence-electron chi connectivity index (χ1n) is 10.1. The number of ether oxygens (including phenoxy) is 1. The Morgan fingerprint density at radius 1 is 1.19 bits per heavy atom. The summed E-state index contributed by atoms with van der Waals surface area (Å²) in [7, 11) is 1.60. The molecule has 1 aliphatic heterocycles. The number of carbonyl (C=O) groups is 2. The van der Waals surface area contributed by atoms with E-state index in [1.54, 1.807) is 31.3 Å². The number of hydrogen-bond donors (Lipinski definition) is 1. The van der Waals surface area contributed by atoms with Crippen molar-refractivity contribution in [2.45, 2.75) is 24.4 Å². The highest BCUT2D eigenvalue weighted by atomic mass is 32.2. The molecule has 1 aliphatic rings. The van der Waals surface area contributed by atoms with Crippen LogP contribution in [0.5, 0.6) is 0 Å². The van der Waals surface area contributed by atoms with Gasteiger partial charge < -0.3 is 15.0 Å². The third kappa shape index (κ3) is 5.72. The SMILES string of the molecule is CCOCCCNC(=O)c1ccc2c(c1)N(C)C(=O)/C(=C/c1ccc(C(F)(F)F)cc1)S2. The van der Waals surface area contributed by atoms with E-state index >= 15 is 0 Å². The van der Waals surface area contributed by atoms with E-state index in [-0.39, 0.29) is 11.8 Å². The van der Waals surface area contributed by atoms with Crippen LogP contribution >= 0.6 is 11.8 Å². The molecular formula is C23H23F3N2O3S. The normalized spacial score (nSPS) is 15.1. The first-order valence-corrected chi connectivity index (χ1v) is 10.9. The van der Waals surface area contributed by atoms with Crippen LogP contribution in [0.25, 0.3) is 6.08 Å². The molecule has 0 radical (unpaired) electrons. The molecule has 32 heavy (non-hydrogen) atoms. The lowest BCUT2D eigenvalue weighted by Gasteiger charge is -2.27. The molecule has 0 fully saturated rings. The Kier molecular flexibility index (Phi) is 7.63. The molecule has 170 valence electrons. The number of halogens is 3. The van der Waals surface area contributed by atoms with Crippen molar-refractivity contribution in [3.8, 4) is 0 Å². The molecule has 2 aromatic rings. The van der Waals surface area contributed by atoms with E-state index in [4.69, 9.17) is 4.74 Å². The average molecular weight is 465 g/mol. The first kappa shape index (κ1) is 23.9. The molecule has 0 spiro atoms. The lowest BCUT2D eigenvalue weighted by atomic mass is 10.1. The molecule has 2 amide bonds. The van der Waals surface area contributed by atoms with Crippen LogP contribution in [-0.2, 0) is 15.7 Å². The number of nitrogens with one attached hydrogen (secondary N) is 1. The van der Waals surface area contributed by atoms with E-state index in [1.165, 1.54) is 28.8 Å². The Morgan fingerprint density at radius 2 is 1.91 bits per heavy atom. The number of amides is 2. The van der Waals surface area contributed by atoms with Crippen molar-refractivity contribution in [1.29, 1.82) is 0 Å². The third-order valence-electron chi connectivity index (χ3n) is 4.81. The zero-order chi connectivity index (χ0) is 23.3. The zero-order valence-corrected chi connectivity index (χ0v) is 18.5. The van der Waals surface area contributed by atoms with Crippen LogP contribution in [0.4, 0.5) is 18.9 Å². The van der Waals surface area contributed by atoms with Gasteiger partial charge in [0, 0.05) is 37.3 Å². The topological polar surface area (TPSA) is 58.6 Å². The predicted octanol–water partition coefficient (Wildman–Crippen LogP) is 4.97. The van der Waals surface area contributed by atoms with Crippen LogP contribution < -0.4 is 10.2 Å². The third-order valence-corrected chi connectivity index (χ3v) is 5.89. The summed E-state index contributed by atoms with van der Waals surface area (Å²) in [6.07, 6.45) is -2.14. The van der Waals surface area contributed by atoms with E-state index < -0.39 is 11.7 Å². The van der Waals surface area contributed by atoms with E-state index in [9.17, 15) is 22.8 Å². The number of carbonyl (C=O) groups excluding carboxylic acids is 2. The highest BCUT2D eigenvalue weighted by Crippen LogP contribution is 2.42. The lowest BCUT2D eigenvalue weighted by molar-refractivity contribution is -0.137. The van der Waals surface area contributed by atoms with E-state index in [2.05, 4.69) is 5.32 Å². The maximum atomic E-state index is 12.8. The highest BCUT2D eigenvalue weighted by Gasteiger charge is 2.30. The van der Waals surface area contributed by atoms with Crippen LogP contribution in [0, 0.1) is 0 Å². The quantitative estimate of drug-likeness (QED) is 0.464. The van der Waals surface area contributed by atoms with Gasteiger partial charge in [0.25, 0.3) is 11.8 Å². The summed E-state index contributed by atoms with van der Waals surface area (Å²) in [5.41, 5.74) is 0.796. The summed E-state index contributed by atoms with van der Waals surface area (Å²) in [5.74, 6) is -0.530. The molecule has 3 rings (SSSR count). The minimum Gasteiger partial charge on any atom is -0.382 e. The smallest absolute Gasteiger partial charge is 0.382 e. The van der Waals surface area contributed by atoms with Crippen molar-refractivity contribution in [1.82, 2.24) is 5.32 Å². The summed E-state index contributed by atoms with van der Waals surface area (Å²) >= 11 is 1.22. The molecule has 1 heterocycles. The molecule has 2 aromatic carbocycles. The number of anilines is 1. The Labute approximate surface area is 188 Å². The fourth-order valence-corrected chi connectivity index (χ4v) is 4.17. The number of likely N-dealkylation sites (N-methyl/N-ethyl adjacent to an activating group) is 1. The second-order valence-electron chi connectivity index (χ2n) is 7.08. The summed E-state index contributed by atoms with van der Waals surface area (Å²) < 4.78 is 43.5. The predicted molar refractivity (Wildman–Crippen MR) is 119 cm³/mol. The van der Waals surface area contributed by atoms with E-state index in [0.29, 0.717) is 47.9 Å². The molecule has 0 unspecified atom stereocenters. The van der Waals surface area contributed by atoms with Gasteiger partial charge >= 0.3 is 6.18 Å². The maximum absolute atomic E-state index is 12.8. The van der Waals surface area contributed by atoms with Gasteiger partial charge in [-0.3, -0.25) is 9.59 Å². The number of benzene rings is 2. The molecule has 1 N–H and O–H groups in total. The van der Waals surface area contributed by atoms with Crippen molar-refractivity contribution < 1.29 is 27.5 Å². The van der Waals surface area contributed by atoms with Crippen molar-refractivity contribution in [3.05, 3.63) is 64.1 Å². The largest absolute Gasteiger partial charge is 0.416 e. The fourth-order valence-electron chi connectivity index (χ4n) is 3.08. The Bertz CT molecular complexity index is 1020. The molecule has 0 aromatic heterocycles. The molecule has 0 atom stereocenters. The highest BCUT2D eigenvalue weighted by molar-refractivity contribution is 8.04. The lowest BCUT2D eigenvalue weighted by Crippen LogP contribution is -2.31. The van der Waals surface area contributed by atoms with Gasteiger partial charge in [-0.1, -0.05) is 23.9 Å². The van der Waals surface area contributed by atoms with Gasteiger partial charge in [-0.2, -0.15) is 13.2 Å². The number of fused-ring (bicyclic) bond motifs is 1. The van der Waals surface area contributed by atoms with Crippen LogP contribution in [0.3, 0.4) is 0 Å². The average Bonchev–Trinajstić information content (AvgIpc) is 2.76. The number of thioether (sulfide) groups is 1. The molecule has 5 nitrogen and oxygen atoms in total. The van der Waals surface area contributed by atoms with Gasteiger partial charge in [0.05, 0.1) is 16.2 Å². The van der Waals surface area contributed by atoms with Gasteiger partial charge in [-0.05, 0) is 55.3 Å². The van der Waals surface area contributed by atoms with Gasteiger partial charge in [-0.25, -0.2) is 0 Å². The molecule has 0 saturated heterocycles. The summed E-state index contributed by atoms with van der Waals surface area (Å²) in [4.78, 5) is 27.8. The van der Waals surface area contributed by atoms with Crippen LogP contribution in [0.2, 0.25) is 0 Å². The standard InChI is InChI=1S/C23H23F3N2O3S/c1-3-31-12-4-11-27-21(29)16-7-10-19-18(14-16)28(2)22(30)20(32-19)13-15-5-8-17(9-6-15)23(24,25)26/h5-10,13-14H,3-4,11-12H2,1-2H3,(H,27,29)/b20-13-. The van der Waals surface area contributed by atoms with Crippen LogP contribution in [0.15, 0.2) is 52.3 Å². The van der Waals surface area contributed by atoms with Gasteiger partial charge in [-0.15, -0.1) is 0 Å². The van der Waals surface area contributed by atoms with Crippen molar-refractivity contribution in [2.75, 3.05) is 31.7 Å². The minimum atomic E-state index is -4.41. The van der Waals surface area contributed by atoms with E-state index in [1.807, 2.05) is 6.92 Å². The van der Waals surface area contributed by atoms with E-state index in [0.717, 1.165) is 17.0 Å². The second-order valence-corrected chi connectivity index (χ2v) is 8.17. The van der Waals surface area contributed by atoms with Crippen LogP contribution in [0.1, 0.15) is 34.8 Å². The number of alkyl halides is 3. The Hall–Kier alpha value is -2.78. The first-order chi connectivity index (χ1) is 15.2. The summed E-state index contributed by atoms with van der Waals surface area (Å²) in [6.45, 7) is 3.60.